The highest BCUT2D eigenvalue weighted by Gasteiger charge is 2.37. The van der Waals surface area contributed by atoms with Gasteiger partial charge >= 0.3 is 0 Å². The number of carbonyl (C=O) groups excluding carboxylic acids is 3. The maximum atomic E-state index is 12.1. The van der Waals surface area contributed by atoms with Crippen LogP contribution in [0.4, 0.5) is 5.69 Å². The van der Waals surface area contributed by atoms with Crippen LogP contribution in [0.5, 0.6) is 0 Å². The second-order valence-corrected chi connectivity index (χ2v) is 4.60. The van der Waals surface area contributed by atoms with Gasteiger partial charge in [0.15, 0.2) is 0 Å². The molecule has 1 unspecified atom stereocenters. The summed E-state index contributed by atoms with van der Waals surface area (Å²) in [6.07, 6.45) is 0.00242. The Morgan fingerprint density at radius 1 is 1.42 bits per heavy atom. The molecule has 1 heterocycles. The number of nitrogens with zero attached hydrogens (tertiary/aromatic N) is 1. The fourth-order valence-corrected chi connectivity index (χ4v) is 1.99. The number of aryl methyl sites for hydroxylation is 1. The Hall–Kier alpha value is -2.37. The van der Waals surface area contributed by atoms with Crippen molar-refractivity contribution in [1.29, 1.82) is 0 Å². The number of rotatable bonds is 2. The van der Waals surface area contributed by atoms with E-state index in [2.05, 4.69) is 5.32 Å². The van der Waals surface area contributed by atoms with Gasteiger partial charge in [-0.2, -0.15) is 0 Å². The molecule has 100 valence electrons. The van der Waals surface area contributed by atoms with Gasteiger partial charge in [-0.05, 0) is 24.6 Å². The first kappa shape index (κ1) is 13.1. The minimum Gasteiger partial charge on any atom is -0.399 e. The molecular weight excluding hydrogens is 246 g/mol. The van der Waals surface area contributed by atoms with Gasteiger partial charge in [0.05, 0.1) is 6.42 Å². The van der Waals surface area contributed by atoms with Crippen molar-refractivity contribution in [3.63, 3.8) is 0 Å². The molecule has 1 fully saturated rings. The molecule has 0 aromatic heterocycles. The lowest BCUT2D eigenvalue weighted by Crippen LogP contribution is -2.40. The van der Waals surface area contributed by atoms with Crippen LogP contribution in [-0.4, -0.2) is 35.7 Å². The zero-order chi connectivity index (χ0) is 14.2. The molecule has 0 radical (unpaired) electrons. The monoisotopic (exact) mass is 261 g/mol. The van der Waals surface area contributed by atoms with Crippen LogP contribution in [0.2, 0.25) is 0 Å². The van der Waals surface area contributed by atoms with Crippen molar-refractivity contribution < 1.29 is 14.4 Å². The zero-order valence-corrected chi connectivity index (χ0v) is 10.8. The largest absolute Gasteiger partial charge is 0.399 e. The number of carbonyl (C=O) groups is 3. The van der Waals surface area contributed by atoms with Crippen molar-refractivity contribution in [3.05, 3.63) is 29.3 Å². The Kier molecular flexibility index (Phi) is 3.25. The molecule has 19 heavy (non-hydrogen) atoms. The van der Waals surface area contributed by atoms with E-state index >= 15 is 0 Å². The van der Waals surface area contributed by atoms with E-state index in [-0.39, 0.29) is 18.2 Å². The molecule has 1 aromatic rings. The Bertz CT molecular complexity index is 568. The highest BCUT2D eigenvalue weighted by atomic mass is 16.2. The third kappa shape index (κ3) is 2.42. The van der Waals surface area contributed by atoms with Crippen LogP contribution < -0.4 is 11.1 Å². The average Bonchev–Trinajstić information content (AvgIpc) is 2.60. The number of nitrogens with two attached hydrogens (primary N) is 1. The van der Waals surface area contributed by atoms with Crippen molar-refractivity contribution in [2.45, 2.75) is 19.4 Å². The third-order valence-electron chi connectivity index (χ3n) is 3.19. The number of nitrogen functional groups attached to an aromatic ring is 1. The first-order valence-corrected chi connectivity index (χ1v) is 5.87. The number of hydrogen-bond acceptors (Lipinski definition) is 4. The Labute approximate surface area is 110 Å². The van der Waals surface area contributed by atoms with Gasteiger partial charge in [-0.1, -0.05) is 6.07 Å². The fourth-order valence-electron chi connectivity index (χ4n) is 1.99. The predicted octanol–water partition coefficient (Wildman–Crippen LogP) is 0.0643. The summed E-state index contributed by atoms with van der Waals surface area (Å²) in [7, 11) is 1.41. The van der Waals surface area contributed by atoms with Crippen LogP contribution in [-0.2, 0) is 9.59 Å². The van der Waals surface area contributed by atoms with Gasteiger partial charge in [-0.25, -0.2) is 0 Å². The van der Waals surface area contributed by atoms with E-state index in [1.807, 2.05) is 0 Å². The predicted molar refractivity (Wildman–Crippen MR) is 69.2 cm³/mol. The maximum absolute atomic E-state index is 12.1. The van der Waals surface area contributed by atoms with Gasteiger partial charge in [0.2, 0.25) is 5.91 Å². The average molecular weight is 261 g/mol. The topological polar surface area (TPSA) is 92.5 Å². The van der Waals surface area contributed by atoms with Crippen molar-refractivity contribution in [2.24, 2.45) is 0 Å². The second-order valence-electron chi connectivity index (χ2n) is 4.60. The number of anilines is 1. The SMILES string of the molecule is Cc1ccc(N)cc1C(=O)NC1CC(=O)N(C)C1=O. The van der Waals surface area contributed by atoms with Gasteiger partial charge in [0.25, 0.3) is 11.8 Å². The van der Waals surface area contributed by atoms with Crippen molar-refractivity contribution in [2.75, 3.05) is 12.8 Å². The summed E-state index contributed by atoms with van der Waals surface area (Å²) in [5.74, 6) is -1.08. The fraction of sp³-hybridized carbons (Fsp3) is 0.308. The molecule has 1 aliphatic rings. The molecule has 6 nitrogen and oxygen atoms in total. The Balaban J connectivity index is 2.16. The summed E-state index contributed by atoms with van der Waals surface area (Å²) in [5.41, 5.74) is 7.28. The summed E-state index contributed by atoms with van der Waals surface area (Å²) < 4.78 is 0. The summed E-state index contributed by atoms with van der Waals surface area (Å²) in [5, 5.41) is 2.57. The standard InChI is InChI=1S/C13H15N3O3/c1-7-3-4-8(14)5-9(7)12(18)15-10-6-11(17)16(2)13(10)19/h3-5,10H,6,14H2,1-2H3,(H,15,18). The normalized spacial score (nSPS) is 18.8. The highest BCUT2D eigenvalue weighted by molar-refractivity contribution is 6.08. The molecule has 3 N–H and O–H groups in total. The van der Waals surface area contributed by atoms with Crippen LogP contribution in [0.25, 0.3) is 0 Å². The van der Waals surface area contributed by atoms with E-state index in [1.54, 1.807) is 25.1 Å². The molecule has 1 saturated heterocycles. The van der Waals surface area contributed by atoms with Gasteiger partial charge in [0.1, 0.15) is 6.04 Å². The van der Waals surface area contributed by atoms with E-state index in [9.17, 15) is 14.4 Å². The lowest BCUT2D eigenvalue weighted by molar-refractivity contribution is -0.137. The quantitative estimate of drug-likeness (QED) is 0.582. The van der Waals surface area contributed by atoms with E-state index in [1.165, 1.54) is 7.05 Å². The molecule has 0 aliphatic carbocycles. The number of imide groups is 1. The molecule has 1 aromatic carbocycles. The van der Waals surface area contributed by atoms with Crippen LogP contribution in [0.15, 0.2) is 18.2 Å². The number of likely N-dealkylation sites (N-methyl/N-ethyl adjacent to an activating group) is 1. The zero-order valence-electron chi connectivity index (χ0n) is 10.8. The van der Waals surface area contributed by atoms with Crippen LogP contribution in [0.1, 0.15) is 22.3 Å². The molecule has 0 bridgehead atoms. The van der Waals surface area contributed by atoms with E-state index < -0.39 is 11.9 Å². The minimum absolute atomic E-state index is 0.00242. The van der Waals surface area contributed by atoms with Crippen molar-refractivity contribution in [1.82, 2.24) is 10.2 Å². The number of amides is 3. The summed E-state index contributed by atoms with van der Waals surface area (Å²) in [6.45, 7) is 1.78. The molecule has 0 saturated carbocycles. The highest BCUT2D eigenvalue weighted by Crippen LogP contribution is 2.15. The molecule has 1 aliphatic heterocycles. The second kappa shape index (κ2) is 4.72. The van der Waals surface area contributed by atoms with Crippen LogP contribution in [0.3, 0.4) is 0 Å². The number of benzene rings is 1. The van der Waals surface area contributed by atoms with Crippen molar-refractivity contribution >= 4 is 23.4 Å². The summed E-state index contributed by atoms with van der Waals surface area (Å²) >= 11 is 0. The minimum atomic E-state index is -0.786. The molecule has 2 rings (SSSR count). The third-order valence-corrected chi connectivity index (χ3v) is 3.19. The summed E-state index contributed by atoms with van der Waals surface area (Å²) in [6, 6.07) is 4.20. The molecule has 0 spiro atoms. The van der Waals surface area contributed by atoms with Gasteiger partial charge < -0.3 is 11.1 Å². The first-order chi connectivity index (χ1) is 8.90. The molecular formula is C13H15N3O3. The summed E-state index contributed by atoms with van der Waals surface area (Å²) in [4.78, 5) is 36.2. The lowest BCUT2D eigenvalue weighted by atomic mass is 10.1. The van der Waals surface area contributed by atoms with E-state index in [0.717, 1.165) is 10.5 Å². The van der Waals surface area contributed by atoms with Gasteiger partial charge in [-0.3, -0.25) is 19.3 Å². The van der Waals surface area contributed by atoms with E-state index in [4.69, 9.17) is 5.73 Å². The molecule has 6 heteroatoms. The molecule has 1 atom stereocenters. The lowest BCUT2D eigenvalue weighted by Gasteiger charge is -2.12. The smallest absolute Gasteiger partial charge is 0.252 e. The van der Waals surface area contributed by atoms with Crippen LogP contribution >= 0.6 is 0 Å². The van der Waals surface area contributed by atoms with Gasteiger partial charge in [-0.15, -0.1) is 0 Å². The maximum Gasteiger partial charge on any atom is 0.252 e. The Morgan fingerprint density at radius 2 is 2.11 bits per heavy atom. The number of hydrogen-bond donors (Lipinski definition) is 2. The first-order valence-electron chi connectivity index (χ1n) is 5.87. The number of nitrogens with one attached hydrogen (secondary N) is 1. The molecule has 3 amide bonds. The van der Waals surface area contributed by atoms with Crippen molar-refractivity contribution in [3.8, 4) is 0 Å². The van der Waals surface area contributed by atoms with Gasteiger partial charge in [0, 0.05) is 18.3 Å². The van der Waals surface area contributed by atoms with Crippen LogP contribution in [0, 0.1) is 6.92 Å². The Morgan fingerprint density at radius 3 is 2.68 bits per heavy atom. The van der Waals surface area contributed by atoms with E-state index in [0.29, 0.717) is 11.3 Å². The number of likely N-dealkylation sites (tertiary alicyclic amines) is 1.